The fourth-order valence-corrected chi connectivity index (χ4v) is 3.76. The monoisotopic (exact) mass is 335 g/mol. The molecule has 0 spiro atoms. The Morgan fingerprint density at radius 3 is 2.48 bits per heavy atom. The maximum atomic E-state index is 12.3. The van der Waals surface area contributed by atoms with Gasteiger partial charge in [-0.1, -0.05) is 12.1 Å². The lowest BCUT2D eigenvalue weighted by Crippen LogP contribution is -2.48. The average Bonchev–Trinajstić information content (AvgIpc) is 2.48. The molecule has 2 heterocycles. The SMILES string of the molecule is Cc1ccc2cc(CN3CCN(S(C)(=O)=O)CC3)c(=O)[nH]c2c1. The van der Waals surface area contributed by atoms with Crippen molar-refractivity contribution in [3.63, 3.8) is 0 Å². The normalized spacial score (nSPS) is 17.7. The van der Waals surface area contributed by atoms with Crippen LogP contribution >= 0.6 is 0 Å². The van der Waals surface area contributed by atoms with E-state index in [9.17, 15) is 13.2 Å². The van der Waals surface area contributed by atoms with Crippen LogP contribution < -0.4 is 5.56 Å². The van der Waals surface area contributed by atoms with Gasteiger partial charge in [0.25, 0.3) is 5.56 Å². The van der Waals surface area contributed by atoms with Crippen LogP contribution in [-0.4, -0.2) is 55.0 Å². The largest absolute Gasteiger partial charge is 0.322 e. The third kappa shape index (κ3) is 3.63. The number of piperazine rings is 1. The minimum Gasteiger partial charge on any atom is -0.322 e. The molecule has 0 radical (unpaired) electrons. The van der Waals surface area contributed by atoms with E-state index in [0.717, 1.165) is 16.5 Å². The number of H-pyrrole nitrogens is 1. The van der Waals surface area contributed by atoms with E-state index in [-0.39, 0.29) is 5.56 Å². The number of pyridine rings is 1. The molecule has 0 unspecified atom stereocenters. The highest BCUT2D eigenvalue weighted by atomic mass is 32.2. The van der Waals surface area contributed by atoms with Crippen molar-refractivity contribution in [3.8, 4) is 0 Å². The summed E-state index contributed by atoms with van der Waals surface area (Å²) in [7, 11) is -3.12. The molecular formula is C16H21N3O3S. The molecule has 2 aromatic rings. The number of aromatic nitrogens is 1. The van der Waals surface area contributed by atoms with Crippen LogP contribution in [0.15, 0.2) is 29.1 Å². The molecule has 1 N–H and O–H groups in total. The number of nitrogens with one attached hydrogen (secondary N) is 1. The van der Waals surface area contributed by atoms with Gasteiger partial charge >= 0.3 is 0 Å². The van der Waals surface area contributed by atoms with Gasteiger partial charge in [-0.25, -0.2) is 8.42 Å². The highest BCUT2D eigenvalue weighted by Gasteiger charge is 2.23. The molecule has 1 aliphatic heterocycles. The summed E-state index contributed by atoms with van der Waals surface area (Å²) in [5.74, 6) is 0. The third-order valence-electron chi connectivity index (χ3n) is 4.27. The molecule has 23 heavy (non-hydrogen) atoms. The van der Waals surface area contributed by atoms with E-state index >= 15 is 0 Å². The average molecular weight is 335 g/mol. The molecule has 0 aliphatic carbocycles. The van der Waals surface area contributed by atoms with Gasteiger partial charge in [0.1, 0.15) is 0 Å². The van der Waals surface area contributed by atoms with E-state index in [0.29, 0.717) is 38.3 Å². The summed E-state index contributed by atoms with van der Waals surface area (Å²) in [4.78, 5) is 17.3. The van der Waals surface area contributed by atoms with Crippen LogP contribution in [0.5, 0.6) is 0 Å². The van der Waals surface area contributed by atoms with Crippen LogP contribution in [0.4, 0.5) is 0 Å². The number of nitrogens with zero attached hydrogens (tertiary/aromatic N) is 2. The zero-order chi connectivity index (χ0) is 16.6. The Hall–Kier alpha value is -1.70. The van der Waals surface area contributed by atoms with E-state index < -0.39 is 10.0 Å². The fraction of sp³-hybridized carbons (Fsp3) is 0.438. The maximum absolute atomic E-state index is 12.3. The van der Waals surface area contributed by atoms with Crippen LogP contribution in [0.1, 0.15) is 11.1 Å². The summed E-state index contributed by atoms with van der Waals surface area (Å²) in [5.41, 5.74) is 2.60. The predicted molar refractivity (Wildman–Crippen MR) is 91.0 cm³/mol. The number of aromatic amines is 1. The van der Waals surface area contributed by atoms with Crippen LogP contribution in [0.2, 0.25) is 0 Å². The summed E-state index contributed by atoms with van der Waals surface area (Å²) in [5, 5.41) is 1.01. The van der Waals surface area contributed by atoms with Gasteiger partial charge in [-0.15, -0.1) is 0 Å². The lowest BCUT2D eigenvalue weighted by atomic mass is 10.1. The van der Waals surface area contributed by atoms with Crippen molar-refractivity contribution in [2.45, 2.75) is 13.5 Å². The lowest BCUT2D eigenvalue weighted by Gasteiger charge is -2.33. The van der Waals surface area contributed by atoms with Crippen molar-refractivity contribution < 1.29 is 8.42 Å². The number of aryl methyl sites for hydroxylation is 1. The standard InChI is InChI=1S/C16H21N3O3S/c1-12-3-4-13-10-14(16(20)17-15(13)9-12)11-18-5-7-19(8-6-18)23(2,21)22/h3-4,9-10H,5-8,11H2,1-2H3,(H,17,20). The smallest absolute Gasteiger partial charge is 0.252 e. The van der Waals surface area contributed by atoms with Crippen molar-refractivity contribution >= 4 is 20.9 Å². The quantitative estimate of drug-likeness (QED) is 0.905. The number of sulfonamides is 1. The van der Waals surface area contributed by atoms with Gasteiger partial charge in [0.2, 0.25) is 10.0 Å². The van der Waals surface area contributed by atoms with Crippen LogP contribution in [0, 0.1) is 6.92 Å². The summed E-state index contributed by atoms with van der Waals surface area (Å²) in [6.07, 6.45) is 1.23. The number of fused-ring (bicyclic) bond motifs is 1. The van der Waals surface area contributed by atoms with Gasteiger partial charge in [0.05, 0.1) is 6.26 Å². The number of hydrogen-bond donors (Lipinski definition) is 1. The second-order valence-corrected chi connectivity index (χ2v) is 8.14. The molecule has 1 aromatic carbocycles. The van der Waals surface area contributed by atoms with E-state index in [1.54, 1.807) is 0 Å². The van der Waals surface area contributed by atoms with E-state index in [4.69, 9.17) is 0 Å². The first kappa shape index (κ1) is 16.2. The van der Waals surface area contributed by atoms with Crippen LogP contribution in [0.3, 0.4) is 0 Å². The van der Waals surface area contributed by atoms with E-state index in [1.165, 1.54) is 10.6 Å². The first-order valence-corrected chi connectivity index (χ1v) is 9.48. The van der Waals surface area contributed by atoms with Crippen molar-refractivity contribution in [1.82, 2.24) is 14.2 Å². The molecule has 1 aliphatic rings. The molecule has 1 aromatic heterocycles. The molecular weight excluding hydrogens is 314 g/mol. The van der Waals surface area contributed by atoms with Crippen molar-refractivity contribution in [2.24, 2.45) is 0 Å². The van der Waals surface area contributed by atoms with Gasteiger partial charge in [-0.3, -0.25) is 9.69 Å². The minimum atomic E-state index is -3.12. The number of hydrogen-bond acceptors (Lipinski definition) is 4. The molecule has 1 fully saturated rings. The Morgan fingerprint density at radius 1 is 1.13 bits per heavy atom. The lowest BCUT2D eigenvalue weighted by molar-refractivity contribution is 0.181. The third-order valence-corrected chi connectivity index (χ3v) is 5.58. The Labute approximate surface area is 135 Å². The first-order valence-electron chi connectivity index (χ1n) is 7.63. The minimum absolute atomic E-state index is 0.0753. The topological polar surface area (TPSA) is 73.5 Å². The van der Waals surface area contributed by atoms with Gasteiger partial charge in [-0.05, 0) is 30.0 Å². The second kappa shape index (κ2) is 6.07. The van der Waals surface area contributed by atoms with Gasteiger partial charge < -0.3 is 4.98 Å². The highest BCUT2D eigenvalue weighted by molar-refractivity contribution is 7.88. The zero-order valence-corrected chi connectivity index (χ0v) is 14.2. The van der Waals surface area contributed by atoms with Crippen molar-refractivity contribution in [3.05, 3.63) is 45.7 Å². The molecule has 0 amide bonds. The number of rotatable bonds is 3. The summed E-state index contributed by atoms with van der Waals surface area (Å²) in [6.45, 7) is 4.76. The Bertz CT molecular complexity index is 881. The molecule has 0 bridgehead atoms. The first-order chi connectivity index (χ1) is 10.8. The molecule has 0 saturated carbocycles. The molecule has 3 rings (SSSR count). The molecule has 6 nitrogen and oxygen atoms in total. The van der Waals surface area contributed by atoms with Gasteiger partial charge in [-0.2, -0.15) is 4.31 Å². The Morgan fingerprint density at radius 2 is 1.83 bits per heavy atom. The van der Waals surface area contributed by atoms with E-state index in [2.05, 4.69) is 9.88 Å². The van der Waals surface area contributed by atoms with Crippen LogP contribution in [-0.2, 0) is 16.6 Å². The predicted octanol–water partition coefficient (Wildman–Crippen LogP) is 0.914. The van der Waals surface area contributed by atoms with E-state index in [1.807, 2.05) is 31.2 Å². The molecule has 7 heteroatoms. The van der Waals surface area contributed by atoms with Crippen LogP contribution in [0.25, 0.3) is 10.9 Å². The summed E-state index contributed by atoms with van der Waals surface area (Å²) >= 11 is 0. The molecule has 1 saturated heterocycles. The van der Waals surface area contributed by atoms with Gasteiger partial charge in [0.15, 0.2) is 0 Å². The highest BCUT2D eigenvalue weighted by Crippen LogP contribution is 2.15. The summed E-state index contributed by atoms with van der Waals surface area (Å²) < 4.78 is 24.5. The molecule has 0 atom stereocenters. The van der Waals surface area contributed by atoms with Gasteiger partial charge in [0, 0.05) is 43.8 Å². The van der Waals surface area contributed by atoms with Crippen molar-refractivity contribution in [2.75, 3.05) is 32.4 Å². The molecule has 124 valence electrons. The maximum Gasteiger partial charge on any atom is 0.252 e. The van der Waals surface area contributed by atoms with Crippen molar-refractivity contribution in [1.29, 1.82) is 0 Å². The summed E-state index contributed by atoms with van der Waals surface area (Å²) in [6, 6.07) is 7.92. The second-order valence-electron chi connectivity index (χ2n) is 6.15. The number of benzene rings is 1. The Kier molecular flexibility index (Phi) is 4.27. The fourth-order valence-electron chi connectivity index (χ4n) is 2.94. The zero-order valence-electron chi connectivity index (χ0n) is 13.4. The Balaban J connectivity index is 1.76.